The molecule has 1 unspecified atom stereocenters. The van der Waals surface area contributed by atoms with Crippen LogP contribution in [-0.4, -0.2) is 16.9 Å². The van der Waals surface area contributed by atoms with Crippen LogP contribution in [0.3, 0.4) is 0 Å². The third-order valence-electron chi connectivity index (χ3n) is 4.43. The van der Waals surface area contributed by atoms with Gasteiger partial charge >= 0.3 is 19.4 Å². The van der Waals surface area contributed by atoms with Crippen molar-refractivity contribution < 1.29 is 28.1 Å². The number of ether oxygens (including phenoxy) is 1. The molecule has 9 nitrogen and oxygen atoms in total. The van der Waals surface area contributed by atoms with E-state index in [4.69, 9.17) is 13.8 Å². The standard InChI is InChI=1S/C23H23N2O7P/c1-17-13-14-22(21(15-17)25(27)28)32-33(29,31-20-11-7-4-8-12-20)24-18(2)23(26)30-16-19-9-5-3-6-10-19/h3-15,18H,16H2,1-2H3,(H,24,29)/t18-,33?/m0/s1. The molecule has 0 amide bonds. The normalized spacial score (nSPS) is 13.4. The van der Waals surface area contributed by atoms with E-state index >= 15 is 0 Å². The molecule has 1 N–H and O–H groups in total. The Morgan fingerprint density at radius 1 is 1.03 bits per heavy atom. The highest BCUT2D eigenvalue weighted by atomic mass is 31.2. The van der Waals surface area contributed by atoms with Crippen LogP contribution < -0.4 is 14.1 Å². The van der Waals surface area contributed by atoms with Crippen LogP contribution in [0.15, 0.2) is 78.9 Å². The summed E-state index contributed by atoms with van der Waals surface area (Å²) in [7, 11) is -4.31. The van der Waals surface area contributed by atoms with Crippen molar-refractivity contribution in [3.05, 3.63) is 100 Å². The van der Waals surface area contributed by atoms with E-state index in [1.54, 1.807) is 55.5 Å². The molecule has 0 aliphatic carbocycles. The molecule has 0 fully saturated rings. The first-order chi connectivity index (χ1) is 15.8. The number of carbonyl (C=O) groups is 1. The number of nitro groups is 1. The first-order valence-electron chi connectivity index (χ1n) is 10.0. The molecule has 3 aromatic rings. The summed E-state index contributed by atoms with van der Waals surface area (Å²) in [5.41, 5.74) is 1.03. The zero-order valence-electron chi connectivity index (χ0n) is 18.0. The zero-order chi connectivity index (χ0) is 23.8. The maximum absolute atomic E-state index is 13.6. The Labute approximate surface area is 191 Å². The molecule has 0 radical (unpaired) electrons. The summed E-state index contributed by atoms with van der Waals surface area (Å²) < 4.78 is 29.9. The molecule has 0 heterocycles. The summed E-state index contributed by atoms with van der Waals surface area (Å²) in [6.07, 6.45) is 0. The van der Waals surface area contributed by atoms with E-state index in [0.717, 1.165) is 5.56 Å². The van der Waals surface area contributed by atoms with Crippen molar-refractivity contribution in [2.45, 2.75) is 26.5 Å². The largest absolute Gasteiger partial charge is 0.513 e. The number of aryl methyl sites for hydroxylation is 1. The molecular formula is C23H23N2O7P. The van der Waals surface area contributed by atoms with Crippen molar-refractivity contribution in [2.24, 2.45) is 0 Å². The predicted octanol–water partition coefficient (Wildman–Crippen LogP) is 5.19. The molecule has 0 saturated carbocycles. The second kappa shape index (κ2) is 10.8. The van der Waals surface area contributed by atoms with Gasteiger partial charge in [0.1, 0.15) is 18.4 Å². The number of nitrogens with one attached hydrogen (secondary N) is 1. The zero-order valence-corrected chi connectivity index (χ0v) is 18.9. The molecule has 0 aliphatic rings. The molecule has 10 heteroatoms. The number of para-hydroxylation sites is 1. The Balaban J connectivity index is 1.81. The van der Waals surface area contributed by atoms with Crippen molar-refractivity contribution in [2.75, 3.05) is 0 Å². The van der Waals surface area contributed by atoms with Gasteiger partial charge in [-0.1, -0.05) is 54.6 Å². The lowest BCUT2D eigenvalue weighted by Crippen LogP contribution is -2.35. The van der Waals surface area contributed by atoms with E-state index in [2.05, 4.69) is 5.09 Å². The SMILES string of the molecule is Cc1ccc(OP(=O)(N[C@@H](C)C(=O)OCc2ccccc2)Oc2ccccc2)c([N+](=O)[O-])c1. The first-order valence-corrected chi connectivity index (χ1v) is 11.6. The van der Waals surface area contributed by atoms with Crippen molar-refractivity contribution in [3.8, 4) is 11.5 Å². The van der Waals surface area contributed by atoms with Gasteiger partial charge in [0.25, 0.3) is 0 Å². The molecular weight excluding hydrogens is 447 g/mol. The summed E-state index contributed by atoms with van der Waals surface area (Å²) in [4.78, 5) is 23.3. The maximum Gasteiger partial charge on any atom is 0.513 e. The predicted molar refractivity (Wildman–Crippen MR) is 122 cm³/mol. The Morgan fingerprint density at radius 2 is 1.67 bits per heavy atom. The number of rotatable bonds is 10. The highest BCUT2D eigenvalue weighted by molar-refractivity contribution is 7.52. The lowest BCUT2D eigenvalue weighted by molar-refractivity contribution is -0.385. The average Bonchev–Trinajstić information content (AvgIpc) is 2.79. The van der Waals surface area contributed by atoms with Gasteiger partial charge in [-0.2, -0.15) is 5.09 Å². The molecule has 0 spiro atoms. The minimum Gasteiger partial charge on any atom is -0.460 e. The monoisotopic (exact) mass is 470 g/mol. The van der Waals surface area contributed by atoms with Gasteiger partial charge in [0, 0.05) is 6.07 Å². The van der Waals surface area contributed by atoms with Crippen LogP contribution in [0.25, 0.3) is 0 Å². The highest BCUT2D eigenvalue weighted by Crippen LogP contribution is 2.47. The van der Waals surface area contributed by atoms with E-state index in [-0.39, 0.29) is 23.8 Å². The Morgan fingerprint density at radius 3 is 2.30 bits per heavy atom. The Bertz CT molecular complexity index is 1160. The number of carbonyl (C=O) groups excluding carboxylic acids is 1. The van der Waals surface area contributed by atoms with E-state index in [0.29, 0.717) is 5.56 Å². The van der Waals surface area contributed by atoms with Gasteiger partial charge in [0.15, 0.2) is 0 Å². The summed E-state index contributed by atoms with van der Waals surface area (Å²) in [5, 5.41) is 14.0. The average molecular weight is 470 g/mol. The molecule has 33 heavy (non-hydrogen) atoms. The van der Waals surface area contributed by atoms with Crippen molar-refractivity contribution in [3.63, 3.8) is 0 Å². The van der Waals surface area contributed by atoms with Crippen LogP contribution in [0.4, 0.5) is 5.69 Å². The van der Waals surface area contributed by atoms with Crippen LogP contribution >= 0.6 is 7.75 Å². The molecule has 172 valence electrons. The van der Waals surface area contributed by atoms with Crippen molar-refractivity contribution in [1.29, 1.82) is 0 Å². The Kier molecular flexibility index (Phi) is 7.82. The first kappa shape index (κ1) is 24.0. The fourth-order valence-corrected chi connectivity index (χ4v) is 4.35. The van der Waals surface area contributed by atoms with Crippen LogP contribution in [0.5, 0.6) is 11.5 Å². The van der Waals surface area contributed by atoms with Crippen molar-refractivity contribution >= 4 is 19.4 Å². The summed E-state index contributed by atoms with van der Waals surface area (Å²) >= 11 is 0. The lowest BCUT2D eigenvalue weighted by Gasteiger charge is -2.23. The highest BCUT2D eigenvalue weighted by Gasteiger charge is 2.36. The molecule has 2 atom stereocenters. The third-order valence-corrected chi connectivity index (χ3v) is 6.02. The van der Waals surface area contributed by atoms with Gasteiger partial charge in [0.05, 0.1) is 4.92 Å². The number of nitrogens with zero attached hydrogens (tertiary/aromatic N) is 1. The van der Waals surface area contributed by atoms with Gasteiger partial charge in [0.2, 0.25) is 5.75 Å². The summed E-state index contributed by atoms with van der Waals surface area (Å²) in [5.74, 6) is -0.770. The quantitative estimate of drug-likeness (QED) is 0.186. The van der Waals surface area contributed by atoms with Gasteiger partial charge in [-0.15, -0.1) is 0 Å². The number of esters is 1. The molecule has 0 aromatic heterocycles. The lowest BCUT2D eigenvalue weighted by atomic mass is 10.2. The fraction of sp³-hybridized carbons (Fsp3) is 0.174. The summed E-state index contributed by atoms with van der Waals surface area (Å²) in [6, 6.07) is 20.3. The van der Waals surface area contributed by atoms with E-state index in [1.165, 1.54) is 19.1 Å². The van der Waals surface area contributed by atoms with Crippen LogP contribution in [0.1, 0.15) is 18.1 Å². The fourth-order valence-electron chi connectivity index (χ4n) is 2.81. The van der Waals surface area contributed by atoms with Gasteiger partial charge in [-0.3, -0.25) is 14.9 Å². The number of benzene rings is 3. The van der Waals surface area contributed by atoms with Gasteiger partial charge < -0.3 is 13.8 Å². The number of hydrogen-bond donors (Lipinski definition) is 1. The minimum atomic E-state index is -4.31. The molecule has 3 aromatic carbocycles. The van der Waals surface area contributed by atoms with Gasteiger partial charge in [-0.25, -0.2) is 4.57 Å². The molecule has 0 aliphatic heterocycles. The van der Waals surface area contributed by atoms with E-state index in [9.17, 15) is 19.5 Å². The smallest absolute Gasteiger partial charge is 0.460 e. The van der Waals surface area contributed by atoms with Crippen LogP contribution in [0.2, 0.25) is 0 Å². The van der Waals surface area contributed by atoms with Crippen LogP contribution in [-0.2, 0) is 20.7 Å². The summed E-state index contributed by atoms with van der Waals surface area (Å²) in [6.45, 7) is 3.14. The van der Waals surface area contributed by atoms with E-state index < -0.39 is 24.7 Å². The maximum atomic E-state index is 13.6. The van der Waals surface area contributed by atoms with Crippen molar-refractivity contribution in [1.82, 2.24) is 5.09 Å². The number of nitro benzene ring substituents is 1. The second-order valence-electron chi connectivity index (χ2n) is 7.17. The van der Waals surface area contributed by atoms with Gasteiger partial charge in [-0.05, 0) is 43.2 Å². The van der Waals surface area contributed by atoms with E-state index in [1.807, 2.05) is 18.2 Å². The molecule has 3 rings (SSSR count). The molecule has 0 bridgehead atoms. The third kappa shape index (κ3) is 6.90. The Hall–Kier alpha value is -3.68. The number of hydrogen-bond acceptors (Lipinski definition) is 7. The molecule has 0 saturated heterocycles. The van der Waals surface area contributed by atoms with Crippen LogP contribution in [0, 0.1) is 17.0 Å². The second-order valence-corrected chi connectivity index (χ2v) is 8.78. The topological polar surface area (TPSA) is 117 Å². The minimum absolute atomic E-state index is 0.0276.